The molecule has 0 radical (unpaired) electrons. The minimum absolute atomic E-state index is 0.387. The molecule has 1 saturated heterocycles. The average molecular weight is 397 g/mol. The standard InChI is InChI=1S/C21H27N5O3/c1-14-8-11-25(12-9-14)20-22-18-17(19(27)23-21(28)24(18)2)26(20)13-10-15-4-6-16(29-3)7-5-15/h4-7,14H,8-13H2,1-3H3,(H,23,27,28). The van der Waals surface area contributed by atoms with Crippen molar-refractivity contribution in [2.75, 3.05) is 25.1 Å². The van der Waals surface area contributed by atoms with Gasteiger partial charge in [0.1, 0.15) is 5.75 Å². The molecule has 1 fully saturated rings. The summed E-state index contributed by atoms with van der Waals surface area (Å²) in [4.78, 5) is 34.1. The highest BCUT2D eigenvalue weighted by atomic mass is 16.5. The number of hydrogen-bond acceptors (Lipinski definition) is 5. The van der Waals surface area contributed by atoms with Crippen LogP contribution in [0.3, 0.4) is 0 Å². The molecular formula is C21H27N5O3. The SMILES string of the molecule is COc1ccc(CCn2c(N3CCC(C)CC3)nc3c2c(=O)[nH]c(=O)n3C)cc1. The Morgan fingerprint density at radius 1 is 1.17 bits per heavy atom. The second-order valence-corrected chi connectivity index (χ2v) is 7.82. The van der Waals surface area contributed by atoms with Crippen molar-refractivity contribution < 1.29 is 4.74 Å². The molecular weight excluding hydrogens is 370 g/mol. The molecule has 4 rings (SSSR count). The lowest BCUT2D eigenvalue weighted by Crippen LogP contribution is -2.35. The van der Waals surface area contributed by atoms with Gasteiger partial charge in [-0.3, -0.25) is 14.3 Å². The van der Waals surface area contributed by atoms with Crippen LogP contribution in [0.4, 0.5) is 5.95 Å². The first kappa shape index (κ1) is 19.3. The number of benzene rings is 1. The Labute approximate surface area is 168 Å². The van der Waals surface area contributed by atoms with E-state index in [1.54, 1.807) is 14.2 Å². The van der Waals surface area contributed by atoms with E-state index in [9.17, 15) is 9.59 Å². The van der Waals surface area contributed by atoms with Gasteiger partial charge in [-0.1, -0.05) is 19.1 Å². The van der Waals surface area contributed by atoms with E-state index in [0.29, 0.717) is 23.6 Å². The lowest BCUT2D eigenvalue weighted by molar-refractivity contribution is 0.414. The minimum Gasteiger partial charge on any atom is -0.497 e. The molecule has 3 aromatic rings. The number of imidazole rings is 1. The van der Waals surface area contributed by atoms with Gasteiger partial charge in [-0.15, -0.1) is 0 Å². The molecule has 1 N–H and O–H groups in total. The maximum Gasteiger partial charge on any atom is 0.329 e. The normalized spacial score (nSPS) is 15.2. The van der Waals surface area contributed by atoms with Gasteiger partial charge < -0.3 is 14.2 Å². The topological polar surface area (TPSA) is 85.2 Å². The van der Waals surface area contributed by atoms with Gasteiger partial charge in [-0.25, -0.2) is 4.79 Å². The maximum absolute atomic E-state index is 12.7. The number of fused-ring (bicyclic) bond motifs is 1. The maximum atomic E-state index is 12.7. The van der Waals surface area contributed by atoms with Crippen molar-refractivity contribution in [1.29, 1.82) is 0 Å². The highest BCUT2D eigenvalue weighted by Crippen LogP contribution is 2.25. The third kappa shape index (κ3) is 3.66. The van der Waals surface area contributed by atoms with Crippen LogP contribution >= 0.6 is 0 Å². The number of anilines is 1. The Balaban J connectivity index is 1.74. The van der Waals surface area contributed by atoms with Crippen LogP contribution in [0.5, 0.6) is 5.75 Å². The van der Waals surface area contributed by atoms with Crippen LogP contribution in [-0.4, -0.2) is 39.3 Å². The Morgan fingerprint density at radius 2 is 1.86 bits per heavy atom. The summed E-state index contributed by atoms with van der Waals surface area (Å²) in [6, 6.07) is 7.93. The number of nitrogens with zero attached hydrogens (tertiary/aromatic N) is 4. The molecule has 0 amide bonds. The summed E-state index contributed by atoms with van der Waals surface area (Å²) in [6.07, 6.45) is 2.93. The zero-order chi connectivity index (χ0) is 20.5. The van der Waals surface area contributed by atoms with Crippen LogP contribution < -0.4 is 20.9 Å². The number of nitrogens with one attached hydrogen (secondary N) is 1. The molecule has 1 aliphatic heterocycles. The first-order valence-corrected chi connectivity index (χ1v) is 10.1. The number of aryl methyl sites for hydroxylation is 3. The third-order valence-corrected chi connectivity index (χ3v) is 5.84. The molecule has 8 heteroatoms. The fourth-order valence-electron chi connectivity index (χ4n) is 3.92. The van der Waals surface area contributed by atoms with E-state index in [1.165, 1.54) is 4.57 Å². The molecule has 0 bridgehead atoms. The summed E-state index contributed by atoms with van der Waals surface area (Å²) < 4.78 is 8.60. The molecule has 0 atom stereocenters. The highest BCUT2D eigenvalue weighted by molar-refractivity contribution is 5.74. The number of rotatable bonds is 5. The largest absolute Gasteiger partial charge is 0.497 e. The van der Waals surface area contributed by atoms with Crippen LogP contribution in [-0.2, 0) is 20.0 Å². The van der Waals surface area contributed by atoms with E-state index in [4.69, 9.17) is 9.72 Å². The van der Waals surface area contributed by atoms with Crippen molar-refractivity contribution in [2.45, 2.75) is 32.7 Å². The fourth-order valence-corrected chi connectivity index (χ4v) is 3.92. The van der Waals surface area contributed by atoms with Gasteiger partial charge in [-0.2, -0.15) is 4.98 Å². The second kappa shape index (κ2) is 7.77. The van der Waals surface area contributed by atoms with E-state index in [2.05, 4.69) is 16.8 Å². The first-order valence-electron chi connectivity index (χ1n) is 10.1. The Hall–Kier alpha value is -3.03. The van der Waals surface area contributed by atoms with Crippen LogP contribution in [0.15, 0.2) is 33.9 Å². The van der Waals surface area contributed by atoms with E-state index in [0.717, 1.165) is 49.6 Å². The Morgan fingerprint density at radius 3 is 2.52 bits per heavy atom. The van der Waals surface area contributed by atoms with E-state index >= 15 is 0 Å². The van der Waals surface area contributed by atoms with Crippen molar-refractivity contribution in [3.05, 3.63) is 50.7 Å². The van der Waals surface area contributed by atoms with Crippen LogP contribution in [0.2, 0.25) is 0 Å². The molecule has 8 nitrogen and oxygen atoms in total. The number of aromatic nitrogens is 4. The molecule has 1 aliphatic rings. The zero-order valence-electron chi connectivity index (χ0n) is 17.1. The summed E-state index contributed by atoms with van der Waals surface area (Å²) in [7, 11) is 3.29. The lowest BCUT2D eigenvalue weighted by atomic mass is 10.00. The lowest BCUT2D eigenvalue weighted by Gasteiger charge is -2.31. The van der Waals surface area contributed by atoms with Gasteiger partial charge in [0.15, 0.2) is 11.2 Å². The molecule has 0 aliphatic carbocycles. The Bertz CT molecular complexity index is 1120. The van der Waals surface area contributed by atoms with Gasteiger partial charge in [0.05, 0.1) is 7.11 Å². The Kier molecular flexibility index (Phi) is 5.17. The number of piperidine rings is 1. The molecule has 29 heavy (non-hydrogen) atoms. The van der Waals surface area contributed by atoms with Gasteiger partial charge in [-0.05, 0) is 42.9 Å². The van der Waals surface area contributed by atoms with Crippen LogP contribution in [0.25, 0.3) is 11.2 Å². The minimum atomic E-state index is -0.443. The quantitative estimate of drug-likeness (QED) is 0.711. The monoisotopic (exact) mass is 397 g/mol. The number of methoxy groups -OCH3 is 1. The number of ether oxygens (including phenoxy) is 1. The summed E-state index contributed by atoms with van der Waals surface area (Å²) in [5, 5.41) is 0. The van der Waals surface area contributed by atoms with Gasteiger partial charge >= 0.3 is 5.69 Å². The fraction of sp³-hybridized carbons (Fsp3) is 0.476. The van der Waals surface area contributed by atoms with Gasteiger partial charge in [0, 0.05) is 26.7 Å². The van der Waals surface area contributed by atoms with Crippen molar-refractivity contribution in [2.24, 2.45) is 13.0 Å². The number of aromatic amines is 1. The van der Waals surface area contributed by atoms with E-state index in [-0.39, 0.29) is 5.56 Å². The van der Waals surface area contributed by atoms with E-state index in [1.807, 2.05) is 28.8 Å². The van der Waals surface area contributed by atoms with E-state index < -0.39 is 5.69 Å². The molecule has 0 unspecified atom stereocenters. The van der Waals surface area contributed by atoms with Crippen molar-refractivity contribution in [3.63, 3.8) is 0 Å². The summed E-state index contributed by atoms with van der Waals surface area (Å²) in [5.41, 5.74) is 1.20. The van der Waals surface area contributed by atoms with Crippen molar-refractivity contribution in [3.8, 4) is 5.75 Å². The summed E-state index contributed by atoms with van der Waals surface area (Å²) in [5.74, 6) is 2.28. The van der Waals surface area contributed by atoms with Gasteiger partial charge in [0.25, 0.3) is 5.56 Å². The highest BCUT2D eigenvalue weighted by Gasteiger charge is 2.24. The second-order valence-electron chi connectivity index (χ2n) is 7.82. The zero-order valence-corrected chi connectivity index (χ0v) is 17.1. The smallest absolute Gasteiger partial charge is 0.329 e. The van der Waals surface area contributed by atoms with Crippen LogP contribution in [0.1, 0.15) is 25.3 Å². The molecule has 1 aromatic carbocycles. The van der Waals surface area contributed by atoms with Gasteiger partial charge in [0.2, 0.25) is 5.95 Å². The number of H-pyrrole nitrogens is 1. The molecule has 0 spiro atoms. The summed E-state index contributed by atoms with van der Waals surface area (Å²) in [6.45, 7) is 4.67. The molecule has 154 valence electrons. The molecule has 0 saturated carbocycles. The first-order chi connectivity index (χ1) is 14.0. The number of hydrogen-bond donors (Lipinski definition) is 1. The van der Waals surface area contributed by atoms with Crippen LogP contribution in [0, 0.1) is 5.92 Å². The predicted molar refractivity (Wildman–Crippen MR) is 113 cm³/mol. The molecule has 3 heterocycles. The third-order valence-electron chi connectivity index (χ3n) is 5.84. The molecule has 2 aromatic heterocycles. The summed E-state index contributed by atoms with van der Waals surface area (Å²) >= 11 is 0. The predicted octanol–water partition coefficient (Wildman–Crippen LogP) is 1.91. The van der Waals surface area contributed by atoms with Crippen molar-refractivity contribution in [1.82, 2.24) is 19.1 Å². The average Bonchev–Trinajstić information content (AvgIpc) is 3.11. The van der Waals surface area contributed by atoms with Crippen molar-refractivity contribution >= 4 is 17.1 Å².